The average Bonchev–Trinajstić information content (AvgIpc) is 3.13. The van der Waals surface area contributed by atoms with E-state index in [1.807, 2.05) is 48.5 Å². The van der Waals surface area contributed by atoms with E-state index in [0.29, 0.717) is 6.61 Å². The summed E-state index contributed by atoms with van der Waals surface area (Å²) >= 11 is 0. The van der Waals surface area contributed by atoms with Gasteiger partial charge in [-0.1, -0.05) is 30.3 Å². The topological polar surface area (TPSA) is 58.2 Å². The van der Waals surface area contributed by atoms with Crippen LogP contribution in [-0.2, 0) is 4.74 Å². The number of anilines is 1. The molecule has 1 saturated heterocycles. The first-order valence-corrected chi connectivity index (χ1v) is 6.77. The van der Waals surface area contributed by atoms with Crippen LogP contribution in [0, 0.1) is 0 Å². The van der Waals surface area contributed by atoms with Crippen LogP contribution >= 0.6 is 0 Å². The minimum absolute atomic E-state index is 0.0981. The molecular weight excluding hydrogens is 266 g/mol. The molecule has 1 fully saturated rings. The van der Waals surface area contributed by atoms with Crippen molar-refractivity contribution in [3.8, 4) is 0 Å². The largest absolute Gasteiger partial charge is 0.447 e. The fraction of sp³-hybridized carbons (Fsp3) is 0.125. The maximum atomic E-state index is 12.1. The number of carbonyl (C=O) groups is 1. The van der Waals surface area contributed by atoms with E-state index in [9.17, 15) is 4.79 Å². The summed E-state index contributed by atoms with van der Waals surface area (Å²) in [4.78, 5) is 21.1. The van der Waals surface area contributed by atoms with Crippen molar-refractivity contribution in [3.05, 3.63) is 60.4 Å². The predicted octanol–water partition coefficient (Wildman–Crippen LogP) is 3.26. The van der Waals surface area contributed by atoms with Crippen LogP contribution in [0.4, 0.5) is 10.5 Å². The minimum atomic E-state index is -0.317. The third kappa shape index (κ3) is 1.94. The van der Waals surface area contributed by atoms with Gasteiger partial charge in [-0.2, -0.15) is 0 Å². The van der Waals surface area contributed by atoms with Crippen molar-refractivity contribution in [1.29, 1.82) is 0 Å². The van der Waals surface area contributed by atoms with Crippen LogP contribution in [0.1, 0.15) is 11.6 Å². The van der Waals surface area contributed by atoms with Crippen molar-refractivity contribution in [2.24, 2.45) is 0 Å². The molecule has 1 unspecified atom stereocenters. The molecule has 1 atom stereocenters. The Morgan fingerprint density at radius 1 is 1.19 bits per heavy atom. The number of imidazole rings is 1. The highest BCUT2D eigenvalue weighted by Gasteiger charge is 2.35. The summed E-state index contributed by atoms with van der Waals surface area (Å²) in [6.07, 6.45) is 1.33. The number of aromatic amines is 1. The normalized spacial score (nSPS) is 18.2. The number of amides is 1. The van der Waals surface area contributed by atoms with Crippen LogP contribution in [0.2, 0.25) is 0 Å². The molecule has 5 heteroatoms. The Kier molecular flexibility index (Phi) is 2.64. The summed E-state index contributed by atoms with van der Waals surface area (Å²) in [7, 11) is 0. The molecule has 1 aliphatic rings. The number of rotatable bonds is 2. The lowest BCUT2D eigenvalue weighted by Gasteiger charge is -2.21. The number of hydrogen-bond donors (Lipinski definition) is 1. The van der Waals surface area contributed by atoms with Gasteiger partial charge in [0.25, 0.3) is 0 Å². The van der Waals surface area contributed by atoms with Gasteiger partial charge in [0.1, 0.15) is 6.61 Å². The third-order valence-electron chi connectivity index (χ3n) is 3.74. The van der Waals surface area contributed by atoms with Crippen LogP contribution < -0.4 is 4.90 Å². The van der Waals surface area contributed by atoms with Crippen LogP contribution in [-0.4, -0.2) is 22.7 Å². The van der Waals surface area contributed by atoms with E-state index in [4.69, 9.17) is 4.74 Å². The lowest BCUT2D eigenvalue weighted by Crippen LogP contribution is -2.27. The number of nitrogens with zero attached hydrogens (tertiary/aromatic N) is 2. The maximum absolute atomic E-state index is 12.1. The van der Waals surface area contributed by atoms with E-state index >= 15 is 0 Å². The smallest absolute Gasteiger partial charge is 0.415 e. The first-order valence-electron chi connectivity index (χ1n) is 6.77. The number of ether oxygens (including phenoxy) is 1. The number of H-pyrrole nitrogens is 1. The Labute approximate surface area is 121 Å². The van der Waals surface area contributed by atoms with E-state index < -0.39 is 0 Å². The van der Waals surface area contributed by atoms with E-state index in [2.05, 4.69) is 9.97 Å². The molecule has 3 aromatic rings. The van der Waals surface area contributed by atoms with Crippen molar-refractivity contribution in [2.75, 3.05) is 11.5 Å². The first kappa shape index (κ1) is 12.0. The SMILES string of the molecule is O=C1OCC(c2ccccc2)N1c1ccc2nc[nH]c2c1. The number of cyclic esters (lactones) is 1. The zero-order valence-electron chi connectivity index (χ0n) is 11.2. The van der Waals surface area contributed by atoms with Gasteiger partial charge >= 0.3 is 6.09 Å². The Hall–Kier alpha value is -2.82. The standard InChI is InChI=1S/C16H13N3O2/c20-16-19(12-6-7-13-14(8-12)18-10-17-13)15(9-21-16)11-4-2-1-3-5-11/h1-8,10,15H,9H2,(H,17,18). The van der Waals surface area contributed by atoms with Crippen molar-refractivity contribution in [3.63, 3.8) is 0 Å². The Morgan fingerprint density at radius 3 is 2.90 bits per heavy atom. The second-order valence-electron chi connectivity index (χ2n) is 4.98. The van der Waals surface area contributed by atoms with E-state index in [1.165, 1.54) is 0 Å². The molecule has 2 heterocycles. The van der Waals surface area contributed by atoms with Gasteiger partial charge in [0.05, 0.1) is 29.1 Å². The molecule has 104 valence electrons. The van der Waals surface area contributed by atoms with Gasteiger partial charge in [0, 0.05) is 0 Å². The summed E-state index contributed by atoms with van der Waals surface area (Å²) in [5.74, 6) is 0. The van der Waals surface area contributed by atoms with Crippen LogP contribution in [0.5, 0.6) is 0 Å². The van der Waals surface area contributed by atoms with E-state index in [-0.39, 0.29) is 12.1 Å². The average molecular weight is 279 g/mol. The Balaban J connectivity index is 1.78. The van der Waals surface area contributed by atoms with Crippen LogP contribution in [0.3, 0.4) is 0 Å². The van der Waals surface area contributed by atoms with Gasteiger partial charge in [-0.15, -0.1) is 0 Å². The summed E-state index contributed by atoms with van der Waals surface area (Å²) in [6, 6.07) is 15.5. The fourth-order valence-corrected chi connectivity index (χ4v) is 2.70. The van der Waals surface area contributed by atoms with Crippen LogP contribution in [0.25, 0.3) is 11.0 Å². The number of fused-ring (bicyclic) bond motifs is 1. The molecule has 4 rings (SSSR count). The zero-order chi connectivity index (χ0) is 14.2. The van der Waals surface area contributed by atoms with Crippen molar-refractivity contribution in [2.45, 2.75) is 6.04 Å². The molecule has 5 nitrogen and oxygen atoms in total. The second kappa shape index (κ2) is 4.63. The van der Waals surface area contributed by atoms with Gasteiger partial charge < -0.3 is 9.72 Å². The Bertz CT molecular complexity index is 797. The van der Waals surface area contributed by atoms with Crippen molar-refractivity contribution < 1.29 is 9.53 Å². The lowest BCUT2D eigenvalue weighted by atomic mass is 10.1. The highest BCUT2D eigenvalue weighted by Crippen LogP contribution is 2.33. The molecule has 0 radical (unpaired) electrons. The second-order valence-corrected chi connectivity index (χ2v) is 4.98. The number of hydrogen-bond acceptors (Lipinski definition) is 3. The maximum Gasteiger partial charge on any atom is 0.415 e. The molecule has 0 bridgehead atoms. The lowest BCUT2D eigenvalue weighted by molar-refractivity contribution is 0.179. The summed E-state index contributed by atoms with van der Waals surface area (Å²) in [6.45, 7) is 0.365. The summed E-state index contributed by atoms with van der Waals surface area (Å²) < 4.78 is 5.24. The minimum Gasteiger partial charge on any atom is -0.447 e. The molecule has 0 saturated carbocycles. The molecule has 2 aromatic carbocycles. The molecule has 0 aliphatic carbocycles. The van der Waals surface area contributed by atoms with Gasteiger partial charge in [0.2, 0.25) is 0 Å². The molecule has 1 amide bonds. The monoisotopic (exact) mass is 279 g/mol. The number of aromatic nitrogens is 2. The van der Waals surface area contributed by atoms with Gasteiger partial charge in [-0.05, 0) is 23.8 Å². The van der Waals surface area contributed by atoms with Crippen molar-refractivity contribution in [1.82, 2.24) is 9.97 Å². The molecule has 1 N–H and O–H groups in total. The summed E-state index contributed by atoms with van der Waals surface area (Å²) in [5, 5.41) is 0. The highest BCUT2D eigenvalue weighted by atomic mass is 16.6. The fourth-order valence-electron chi connectivity index (χ4n) is 2.70. The predicted molar refractivity (Wildman–Crippen MR) is 79.1 cm³/mol. The number of carbonyl (C=O) groups excluding carboxylic acids is 1. The van der Waals surface area contributed by atoms with Gasteiger partial charge in [0.15, 0.2) is 0 Å². The Morgan fingerprint density at radius 2 is 2.05 bits per heavy atom. The highest BCUT2D eigenvalue weighted by molar-refractivity contribution is 5.93. The first-order chi connectivity index (χ1) is 10.3. The van der Waals surface area contributed by atoms with E-state index in [1.54, 1.807) is 11.2 Å². The molecule has 1 aliphatic heterocycles. The van der Waals surface area contributed by atoms with Gasteiger partial charge in [-0.25, -0.2) is 9.78 Å². The zero-order valence-corrected chi connectivity index (χ0v) is 11.2. The molecule has 21 heavy (non-hydrogen) atoms. The molecular formula is C16H13N3O2. The molecule has 1 aromatic heterocycles. The number of nitrogens with one attached hydrogen (secondary N) is 1. The van der Waals surface area contributed by atoms with E-state index in [0.717, 1.165) is 22.3 Å². The van der Waals surface area contributed by atoms with Gasteiger partial charge in [-0.3, -0.25) is 4.90 Å². The molecule has 0 spiro atoms. The third-order valence-corrected chi connectivity index (χ3v) is 3.74. The van der Waals surface area contributed by atoms with Crippen LogP contribution in [0.15, 0.2) is 54.9 Å². The number of benzene rings is 2. The summed E-state index contributed by atoms with van der Waals surface area (Å²) in [5.41, 5.74) is 3.65. The quantitative estimate of drug-likeness (QED) is 0.783. The van der Waals surface area contributed by atoms with Crippen molar-refractivity contribution >= 4 is 22.8 Å².